The van der Waals surface area contributed by atoms with Crippen LogP contribution < -0.4 is 20.5 Å². The number of hydrogen-bond acceptors (Lipinski definition) is 8. The summed E-state index contributed by atoms with van der Waals surface area (Å²) in [5, 5.41) is 2.94. The summed E-state index contributed by atoms with van der Waals surface area (Å²) < 4.78 is 20.3. The Bertz CT molecular complexity index is 769. The van der Waals surface area contributed by atoms with Gasteiger partial charge in [-0.25, -0.2) is 4.79 Å². The molecule has 1 aromatic rings. The fourth-order valence-electron chi connectivity index (χ4n) is 3.24. The summed E-state index contributed by atoms with van der Waals surface area (Å²) in [6.45, 7) is 2.33. The second-order valence-electron chi connectivity index (χ2n) is 6.87. The first-order valence-corrected chi connectivity index (χ1v) is 9.70. The van der Waals surface area contributed by atoms with Crippen molar-refractivity contribution in [1.29, 1.82) is 0 Å². The number of carbonyl (C=O) groups is 3. The maximum absolute atomic E-state index is 12.7. The molecule has 1 aromatic carbocycles. The van der Waals surface area contributed by atoms with Gasteiger partial charge in [-0.2, -0.15) is 0 Å². The molecule has 0 saturated carbocycles. The van der Waals surface area contributed by atoms with Crippen LogP contribution in [0.2, 0.25) is 0 Å². The lowest BCUT2D eigenvalue weighted by atomic mass is 10.0. The van der Waals surface area contributed by atoms with Gasteiger partial charge in [0.25, 0.3) is 5.91 Å². The van der Waals surface area contributed by atoms with Crippen LogP contribution in [0.25, 0.3) is 0 Å². The Morgan fingerprint density at radius 3 is 2.63 bits per heavy atom. The zero-order valence-corrected chi connectivity index (χ0v) is 17.6. The van der Waals surface area contributed by atoms with E-state index in [9.17, 15) is 14.4 Å². The van der Waals surface area contributed by atoms with Gasteiger partial charge in [-0.3, -0.25) is 9.59 Å². The molecule has 0 aromatic heterocycles. The Morgan fingerprint density at radius 2 is 1.97 bits per heavy atom. The maximum atomic E-state index is 12.7. The molecule has 2 amide bonds. The summed E-state index contributed by atoms with van der Waals surface area (Å²) in [4.78, 5) is 37.6. The van der Waals surface area contributed by atoms with Crippen molar-refractivity contribution in [3.63, 3.8) is 0 Å². The summed E-state index contributed by atoms with van der Waals surface area (Å²) >= 11 is 0. The molecule has 0 spiro atoms. The van der Waals surface area contributed by atoms with Crippen molar-refractivity contribution in [1.82, 2.24) is 10.2 Å². The molecule has 2 rings (SSSR count). The van der Waals surface area contributed by atoms with E-state index in [2.05, 4.69) is 5.32 Å². The Morgan fingerprint density at radius 1 is 1.20 bits per heavy atom. The second kappa shape index (κ2) is 11.2. The molecule has 1 heterocycles. The van der Waals surface area contributed by atoms with Crippen LogP contribution in [-0.2, 0) is 14.3 Å². The predicted octanol–water partition coefficient (Wildman–Crippen LogP) is 1.19. The van der Waals surface area contributed by atoms with Crippen molar-refractivity contribution in [2.75, 3.05) is 40.6 Å². The van der Waals surface area contributed by atoms with Crippen LogP contribution >= 0.6 is 0 Å². The molecule has 166 valence electrons. The van der Waals surface area contributed by atoms with E-state index in [1.54, 1.807) is 19.2 Å². The lowest BCUT2D eigenvalue weighted by molar-refractivity contribution is -0.152. The molecule has 10 nitrogen and oxygen atoms in total. The Balaban J connectivity index is 1.91. The van der Waals surface area contributed by atoms with Crippen molar-refractivity contribution in [3.05, 3.63) is 23.3 Å². The van der Waals surface area contributed by atoms with Gasteiger partial charge in [-0.15, -0.1) is 0 Å². The van der Waals surface area contributed by atoms with E-state index in [0.29, 0.717) is 36.6 Å². The number of nitrogens with one attached hydrogen (secondary N) is 1. The first-order chi connectivity index (χ1) is 14.4. The number of nitrogens with two attached hydrogens (primary N) is 1. The fraction of sp³-hybridized carbons (Fsp3) is 0.550. The Kier molecular flexibility index (Phi) is 8.72. The minimum absolute atomic E-state index is 0.0605. The van der Waals surface area contributed by atoms with Crippen molar-refractivity contribution >= 4 is 18.0 Å². The standard InChI is InChI=1S/C20H29N3O7/c1-13-9-14(10-16(27-2)18(13)28-3)19(25)22-15-5-4-8-23(11-15)20(26)30-12-29-17(24)6-7-21/h9-10,15H,4-8,11-12,21H2,1-3H3,(H,22,25). The largest absolute Gasteiger partial charge is 0.493 e. The molecule has 30 heavy (non-hydrogen) atoms. The van der Waals surface area contributed by atoms with Crippen LogP contribution in [0.3, 0.4) is 0 Å². The lowest BCUT2D eigenvalue weighted by Crippen LogP contribution is -2.49. The van der Waals surface area contributed by atoms with Gasteiger partial charge in [0.2, 0.25) is 6.79 Å². The molecule has 0 aliphatic carbocycles. The molecule has 1 aliphatic rings. The van der Waals surface area contributed by atoms with Gasteiger partial charge in [0.1, 0.15) is 0 Å². The van der Waals surface area contributed by atoms with Crippen LogP contribution in [0, 0.1) is 6.92 Å². The maximum Gasteiger partial charge on any atom is 0.412 e. The van der Waals surface area contributed by atoms with Gasteiger partial charge in [0.05, 0.1) is 20.6 Å². The van der Waals surface area contributed by atoms with Crippen LogP contribution in [0.4, 0.5) is 4.79 Å². The third-order valence-electron chi connectivity index (χ3n) is 4.69. The molecule has 0 radical (unpaired) electrons. The van der Waals surface area contributed by atoms with Gasteiger partial charge in [0, 0.05) is 31.2 Å². The summed E-state index contributed by atoms with van der Waals surface area (Å²) in [6.07, 6.45) is 0.896. The Hall–Kier alpha value is -3.01. The number of aryl methyl sites for hydroxylation is 1. The van der Waals surface area contributed by atoms with E-state index < -0.39 is 18.9 Å². The number of esters is 1. The Labute approximate surface area is 175 Å². The molecular formula is C20H29N3O7. The molecule has 0 bridgehead atoms. The van der Waals surface area contributed by atoms with Crippen molar-refractivity contribution in [3.8, 4) is 11.5 Å². The minimum atomic E-state index is -0.601. The van der Waals surface area contributed by atoms with Gasteiger partial charge in [-0.1, -0.05) is 0 Å². The monoisotopic (exact) mass is 423 g/mol. The first-order valence-electron chi connectivity index (χ1n) is 9.70. The summed E-state index contributed by atoms with van der Waals surface area (Å²) in [5.74, 6) is 0.253. The number of piperidine rings is 1. The number of methoxy groups -OCH3 is 2. The number of hydrogen-bond donors (Lipinski definition) is 2. The smallest absolute Gasteiger partial charge is 0.412 e. The highest BCUT2D eigenvalue weighted by Gasteiger charge is 2.26. The summed E-state index contributed by atoms with van der Waals surface area (Å²) in [5.41, 5.74) is 6.47. The molecule has 1 atom stereocenters. The third-order valence-corrected chi connectivity index (χ3v) is 4.69. The van der Waals surface area contributed by atoms with E-state index >= 15 is 0 Å². The molecule has 1 aliphatic heterocycles. The first kappa shape index (κ1) is 23.3. The average Bonchev–Trinajstić information content (AvgIpc) is 2.73. The van der Waals surface area contributed by atoms with Gasteiger partial charge >= 0.3 is 12.1 Å². The fourth-order valence-corrected chi connectivity index (χ4v) is 3.24. The van der Waals surface area contributed by atoms with Crippen LogP contribution in [0.5, 0.6) is 11.5 Å². The number of ether oxygens (including phenoxy) is 4. The van der Waals surface area contributed by atoms with E-state index in [0.717, 1.165) is 12.0 Å². The SMILES string of the molecule is COc1cc(C(=O)NC2CCCN(C(=O)OCOC(=O)CCN)C2)cc(C)c1OC. The molecule has 1 fully saturated rings. The van der Waals surface area contributed by atoms with Crippen LogP contribution in [0.15, 0.2) is 12.1 Å². The highest BCUT2D eigenvalue weighted by atomic mass is 16.7. The van der Waals surface area contributed by atoms with E-state index in [1.807, 2.05) is 6.92 Å². The third kappa shape index (κ3) is 6.24. The van der Waals surface area contributed by atoms with Crippen molar-refractivity contribution < 1.29 is 33.3 Å². The second-order valence-corrected chi connectivity index (χ2v) is 6.87. The van der Waals surface area contributed by atoms with Gasteiger partial charge < -0.3 is 34.9 Å². The highest BCUT2D eigenvalue weighted by Crippen LogP contribution is 2.32. The number of nitrogens with zero attached hydrogens (tertiary/aromatic N) is 1. The number of rotatable bonds is 8. The number of benzene rings is 1. The number of carbonyl (C=O) groups excluding carboxylic acids is 3. The zero-order chi connectivity index (χ0) is 22.1. The molecule has 10 heteroatoms. The molecule has 1 unspecified atom stereocenters. The molecule has 1 saturated heterocycles. The van der Waals surface area contributed by atoms with Gasteiger partial charge in [-0.05, 0) is 37.5 Å². The van der Waals surface area contributed by atoms with Gasteiger partial charge in [0.15, 0.2) is 11.5 Å². The zero-order valence-electron chi connectivity index (χ0n) is 17.6. The summed E-state index contributed by atoms with van der Waals surface area (Å²) in [7, 11) is 3.05. The van der Waals surface area contributed by atoms with Crippen LogP contribution in [-0.4, -0.2) is 69.6 Å². The van der Waals surface area contributed by atoms with Crippen molar-refractivity contribution in [2.24, 2.45) is 5.73 Å². The number of amides is 2. The molecule has 3 N–H and O–H groups in total. The minimum Gasteiger partial charge on any atom is -0.493 e. The average molecular weight is 423 g/mol. The quantitative estimate of drug-likeness (QED) is 0.471. The van der Waals surface area contributed by atoms with E-state index in [1.165, 1.54) is 12.0 Å². The van der Waals surface area contributed by atoms with E-state index in [4.69, 9.17) is 24.7 Å². The summed E-state index contributed by atoms with van der Waals surface area (Å²) in [6, 6.07) is 3.11. The number of likely N-dealkylation sites (tertiary alicyclic amines) is 1. The van der Waals surface area contributed by atoms with Crippen LogP contribution in [0.1, 0.15) is 35.2 Å². The normalized spacial score (nSPS) is 15.9. The van der Waals surface area contributed by atoms with Crippen molar-refractivity contribution in [2.45, 2.75) is 32.2 Å². The topological polar surface area (TPSA) is 129 Å². The highest BCUT2D eigenvalue weighted by molar-refractivity contribution is 5.95. The predicted molar refractivity (Wildman–Crippen MR) is 107 cm³/mol. The lowest BCUT2D eigenvalue weighted by Gasteiger charge is -2.32. The molecular weight excluding hydrogens is 394 g/mol. The van der Waals surface area contributed by atoms with E-state index in [-0.39, 0.29) is 24.9 Å².